The first-order valence-corrected chi connectivity index (χ1v) is 7.15. The van der Waals surface area contributed by atoms with Crippen LogP contribution in [0, 0.1) is 5.92 Å². The van der Waals surface area contributed by atoms with E-state index in [-0.39, 0.29) is 17.8 Å². The molecule has 0 aliphatic heterocycles. The Kier molecular flexibility index (Phi) is 7.78. The number of carbonyl (C=O) groups is 1. The smallest absolute Gasteiger partial charge is 0.233 e. The van der Waals surface area contributed by atoms with Gasteiger partial charge >= 0.3 is 0 Å². The van der Waals surface area contributed by atoms with Crippen molar-refractivity contribution in [2.24, 2.45) is 16.8 Å². The van der Waals surface area contributed by atoms with Crippen LogP contribution in [0.5, 0.6) is 0 Å². The molecule has 0 aromatic carbocycles. The van der Waals surface area contributed by atoms with Gasteiger partial charge in [-0.05, 0) is 19.1 Å². The summed E-state index contributed by atoms with van der Waals surface area (Å²) in [5.74, 6) is 0.277. The minimum Gasteiger partial charge on any atom is -0.409 e. The van der Waals surface area contributed by atoms with Gasteiger partial charge in [-0.25, -0.2) is 0 Å². The molecule has 1 amide bonds. The molecule has 0 aromatic heterocycles. The SMILES string of the molecule is CCC(C(=O)N(C)C(CC)CSC)C(N)=NO. The second-order valence-electron chi connectivity index (χ2n) is 3.95. The molecule has 6 heteroatoms. The molecule has 100 valence electrons. The van der Waals surface area contributed by atoms with E-state index in [1.165, 1.54) is 0 Å². The van der Waals surface area contributed by atoms with Gasteiger partial charge in [0, 0.05) is 18.8 Å². The van der Waals surface area contributed by atoms with Gasteiger partial charge in [-0.2, -0.15) is 11.8 Å². The third-order valence-electron chi connectivity index (χ3n) is 2.90. The number of carbonyl (C=O) groups excluding carboxylic acids is 1. The van der Waals surface area contributed by atoms with Crippen molar-refractivity contribution < 1.29 is 10.0 Å². The van der Waals surface area contributed by atoms with Gasteiger partial charge in [0.2, 0.25) is 5.91 Å². The summed E-state index contributed by atoms with van der Waals surface area (Å²) >= 11 is 1.71. The lowest BCUT2D eigenvalue weighted by molar-refractivity contribution is -0.133. The van der Waals surface area contributed by atoms with Crippen molar-refractivity contribution in [3.05, 3.63) is 0 Å². The van der Waals surface area contributed by atoms with Gasteiger partial charge in [0.05, 0.1) is 5.92 Å². The molecule has 0 rings (SSSR count). The van der Waals surface area contributed by atoms with Crippen LogP contribution >= 0.6 is 11.8 Å². The van der Waals surface area contributed by atoms with Crippen LogP contribution in [0.4, 0.5) is 0 Å². The zero-order valence-electron chi connectivity index (χ0n) is 11.0. The molecule has 0 fully saturated rings. The fourth-order valence-corrected chi connectivity index (χ4v) is 2.55. The molecule has 0 bridgehead atoms. The van der Waals surface area contributed by atoms with Gasteiger partial charge in [0.25, 0.3) is 0 Å². The molecule has 0 spiro atoms. The van der Waals surface area contributed by atoms with E-state index >= 15 is 0 Å². The number of hydrogen-bond donors (Lipinski definition) is 2. The lowest BCUT2D eigenvalue weighted by Crippen LogP contribution is -2.45. The Morgan fingerprint density at radius 3 is 2.41 bits per heavy atom. The summed E-state index contributed by atoms with van der Waals surface area (Å²) in [4.78, 5) is 13.9. The fraction of sp³-hybridized carbons (Fsp3) is 0.818. The van der Waals surface area contributed by atoms with Crippen LogP contribution in [-0.2, 0) is 4.79 Å². The normalized spacial score (nSPS) is 15.4. The number of thioether (sulfide) groups is 1. The Labute approximate surface area is 107 Å². The van der Waals surface area contributed by atoms with E-state index in [4.69, 9.17) is 10.9 Å². The fourth-order valence-electron chi connectivity index (χ4n) is 1.70. The highest BCUT2D eigenvalue weighted by Gasteiger charge is 2.27. The predicted octanol–water partition coefficient (Wildman–Crippen LogP) is 1.36. The molecule has 0 aliphatic carbocycles. The molecule has 0 aromatic rings. The third kappa shape index (κ3) is 4.46. The van der Waals surface area contributed by atoms with E-state index in [9.17, 15) is 4.79 Å². The van der Waals surface area contributed by atoms with E-state index in [1.807, 2.05) is 13.2 Å². The van der Waals surface area contributed by atoms with Crippen molar-refractivity contribution in [2.45, 2.75) is 32.7 Å². The highest BCUT2D eigenvalue weighted by molar-refractivity contribution is 7.98. The van der Waals surface area contributed by atoms with E-state index < -0.39 is 5.92 Å². The maximum atomic E-state index is 12.2. The topological polar surface area (TPSA) is 78.9 Å². The molecular formula is C11H23N3O2S. The number of nitrogens with two attached hydrogens (primary N) is 1. The van der Waals surface area contributed by atoms with Crippen molar-refractivity contribution in [3.8, 4) is 0 Å². The van der Waals surface area contributed by atoms with Crippen LogP contribution in [0.1, 0.15) is 26.7 Å². The Balaban J connectivity index is 4.75. The summed E-state index contributed by atoms with van der Waals surface area (Å²) in [5, 5.41) is 11.6. The summed E-state index contributed by atoms with van der Waals surface area (Å²) < 4.78 is 0. The van der Waals surface area contributed by atoms with Crippen LogP contribution in [0.2, 0.25) is 0 Å². The zero-order chi connectivity index (χ0) is 13.4. The van der Waals surface area contributed by atoms with Crippen molar-refractivity contribution in [1.82, 2.24) is 4.90 Å². The highest BCUT2D eigenvalue weighted by atomic mass is 32.2. The van der Waals surface area contributed by atoms with Gasteiger partial charge in [0.15, 0.2) is 5.84 Å². The van der Waals surface area contributed by atoms with Crippen LogP contribution in [0.15, 0.2) is 5.16 Å². The number of amidine groups is 1. The van der Waals surface area contributed by atoms with Crippen molar-refractivity contribution in [2.75, 3.05) is 19.1 Å². The van der Waals surface area contributed by atoms with Crippen LogP contribution in [-0.4, -0.2) is 46.9 Å². The quantitative estimate of drug-likeness (QED) is 0.314. The van der Waals surface area contributed by atoms with Crippen LogP contribution < -0.4 is 5.73 Å². The second kappa shape index (κ2) is 8.22. The summed E-state index contributed by atoms with van der Waals surface area (Å²) in [6.45, 7) is 3.90. The molecule has 2 atom stereocenters. The minimum atomic E-state index is -0.527. The Hall–Kier alpha value is -0.910. The zero-order valence-corrected chi connectivity index (χ0v) is 11.8. The predicted molar refractivity (Wildman–Crippen MR) is 72.4 cm³/mol. The maximum Gasteiger partial charge on any atom is 0.233 e. The van der Waals surface area contributed by atoms with Crippen LogP contribution in [0.3, 0.4) is 0 Å². The molecule has 17 heavy (non-hydrogen) atoms. The Bertz CT molecular complexity index is 271. The van der Waals surface area contributed by atoms with E-state index in [2.05, 4.69) is 12.1 Å². The Morgan fingerprint density at radius 1 is 1.47 bits per heavy atom. The molecule has 0 radical (unpaired) electrons. The van der Waals surface area contributed by atoms with Gasteiger partial charge in [-0.3, -0.25) is 4.79 Å². The average Bonchev–Trinajstić information content (AvgIpc) is 2.35. The monoisotopic (exact) mass is 261 g/mol. The van der Waals surface area contributed by atoms with Gasteiger partial charge in [-0.15, -0.1) is 0 Å². The third-order valence-corrected chi connectivity index (χ3v) is 3.62. The maximum absolute atomic E-state index is 12.2. The number of rotatable bonds is 7. The van der Waals surface area contributed by atoms with Crippen molar-refractivity contribution >= 4 is 23.5 Å². The molecular weight excluding hydrogens is 238 g/mol. The molecule has 5 nitrogen and oxygen atoms in total. The first kappa shape index (κ1) is 16.1. The molecule has 0 heterocycles. The van der Waals surface area contributed by atoms with Gasteiger partial charge < -0.3 is 15.8 Å². The van der Waals surface area contributed by atoms with E-state index in [0.29, 0.717) is 6.42 Å². The standard InChI is InChI=1S/C11H23N3O2S/c1-5-8(7-17-4)14(3)11(15)9(6-2)10(12)13-16/h8-9,16H,5-7H2,1-4H3,(H2,12,13). The summed E-state index contributed by atoms with van der Waals surface area (Å²) in [5.41, 5.74) is 5.53. The summed E-state index contributed by atoms with van der Waals surface area (Å²) in [6, 6.07) is 0.193. The van der Waals surface area contributed by atoms with Crippen LogP contribution in [0.25, 0.3) is 0 Å². The van der Waals surface area contributed by atoms with Crippen molar-refractivity contribution in [1.29, 1.82) is 0 Å². The van der Waals surface area contributed by atoms with Gasteiger partial charge in [-0.1, -0.05) is 19.0 Å². The second-order valence-corrected chi connectivity index (χ2v) is 4.86. The largest absolute Gasteiger partial charge is 0.409 e. The summed E-state index contributed by atoms with van der Waals surface area (Å²) in [6.07, 6.45) is 3.45. The number of amides is 1. The van der Waals surface area contributed by atoms with E-state index in [1.54, 1.807) is 23.7 Å². The van der Waals surface area contributed by atoms with Gasteiger partial charge in [0.1, 0.15) is 0 Å². The Morgan fingerprint density at radius 2 is 2.06 bits per heavy atom. The molecule has 2 unspecified atom stereocenters. The molecule has 3 N–H and O–H groups in total. The van der Waals surface area contributed by atoms with Crippen molar-refractivity contribution in [3.63, 3.8) is 0 Å². The minimum absolute atomic E-state index is 0.0108. The summed E-state index contributed by atoms with van der Waals surface area (Å²) in [7, 11) is 1.78. The number of nitrogens with zero attached hydrogens (tertiary/aromatic N) is 2. The molecule has 0 saturated heterocycles. The number of oxime groups is 1. The molecule has 0 aliphatic rings. The first-order valence-electron chi connectivity index (χ1n) is 5.76. The highest BCUT2D eigenvalue weighted by Crippen LogP contribution is 2.14. The first-order chi connectivity index (χ1) is 8.03. The van der Waals surface area contributed by atoms with E-state index in [0.717, 1.165) is 12.2 Å². The molecule has 0 saturated carbocycles. The number of hydrogen-bond acceptors (Lipinski definition) is 4. The average molecular weight is 261 g/mol. The lowest BCUT2D eigenvalue weighted by Gasteiger charge is -2.29. The lowest BCUT2D eigenvalue weighted by atomic mass is 10.0.